The number of hydrogen-bond donors (Lipinski definition) is 2. The van der Waals surface area contributed by atoms with Crippen molar-refractivity contribution in [3.8, 4) is 0 Å². The van der Waals surface area contributed by atoms with E-state index in [1.165, 1.54) is 11.1 Å². The lowest BCUT2D eigenvalue weighted by Crippen LogP contribution is -2.62. The zero-order valence-corrected chi connectivity index (χ0v) is 17.7. The molecule has 6 nitrogen and oxygen atoms in total. The molecule has 1 aromatic carbocycles. The lowest BCUT2D eigenvalue weighted by atomic mass is 9.69. The van der Waals surface area contributed by atoms with E-state index in [1.807, 2.05) is 0 Å². The number of benzene rings is 1. The first kappa shape index (κ1) is 19.8. The highest BCUT2D eigenvalue weighted by Crippen LogP contribution is 2.39. The minimum absolute atomic E-state index is 0.178. The predicted octanol–water partition coefficient (Wildman–Crippen LogP) is 2.47. The van der Waals surface area contributed by atoms with E-state index in [1.54, 1.807) is 0 Å². The molecule has 0 spiro atoms. The van der Waals surface area contributed by atoms with Crippen molar-refractivity contribution < 1.29 is 9.84 Å². The number of rotatable bonds is 4. The fourth-order valence-electron chi connectivity index (χ4n) is 4.67. The van der Waals surface area contributed by atoms with E-state index in [0.29, 0.717) is 0 Å². The van der Waals surface area contributed by atoms with Gasteiger partial charge in [-0.3, -0.25) is 9.80 Å². The summed E-state index contributed by atoms with van der Waals surface area (Å²) in [6, 6.07) is 4.27. The molecule has 1 aromatic heterocycles. The second-order valence-electron chi connectivity index (χ2n) is 9.35. The fourth-order valence-corrected chi connectivity index (χ4v) is 4.67. The summed E-state index contributed by atoms with van der Waals surface area (Å²) in [6.07, 6.45) is 0.787. The van der Waals surface area contributed by atoms with Crippen LogP contribution in [-0.2, 0) is 11.3 Å². The molecular formula is C22H34N4O2. The molecule has 1 atom stereocenters. The van der Waals surface area contributed by atoms with Crippen LogP contribution in [0, 0.1) is 19.3 Å². The van der Waals surface area contributed by atoms with E-state index in [4.69, 9.17) is 9.72 Å². The number of aromatic amines is 1. The van der Waals surface area contributed by atoms with E-state index < -0.39 is 5.60 Å². The van der Waals surface area contributed by atoms with Gasteiger partial charge < -0.3 is 14.8 Å². The number of aliphatic hydroxyl groups is 1. The summed E-state index contributed by atoms with van der Waals surface area (Å²) < 4.78 is 5.46. The van der Waals surface area contributed by atoms with Crippen molar-refractivity contribution in [1.82, 2.24) is 19.8 Å². The van der Waals surface area contributed by atoms with Crippen molar-refractivity contribution in [2.45, 2.75) is 46.3 Å². The maximum atomic E-state index is 11.5. The number of H-pyrrole nitrogens is 1. The molecule has 1 unspecified atom stereocenters. The van der Waals surface area contributed by atoms with E-state index in [9.17, 15) is 5.11 Å². The molecule has 2 N–H and O–H groups in total. The molecule has 2 saturated heterocycles. The van der Waals surface area contributed by atoms with Crippen LogP contribution in [0.4, 0.5) is 0 Å². The van der Waals surface area contributed by atoms with Gasteiger partial charge in [-0.15, -0.1) is 0 Å². The van der Waals surface area contributed by atoms with Crippen LogP contribution in [0.25, 0.3) is 11.0 Å². The highest BCUT2D eigenvalue weighted by Gasteiger charge is 2.48. The monoisotopic (exact) mass is 386 g/mol. The minimum Gasteiger partial charge on any atom is -0.388 e. The largest absolute Gasteiger partial charge is 0.388 e. The number of nitrogens with one attached hydrogen (secondary N) is 1. The Bertz CT molecular complexity index is 840. The quantitative estimate of drug-likeness (QED) is 0.845. The Morgan fingerprint density at radius 3 is 2.61 bits per heavy atom. The number of β-amino-alcohol motifs (C(OH)–C–C–N with tert-alkyl or cyclic N) is 1. The van der Waals surface area contributed by atoms with Crippen LogP contribution in [0.3, 0.4) is 0 Å². The average Bonchev–Trinajstić information content (AvgIpc) is 3.06. The zero-order valence-electron chi connectivity index (χ0n) is 17.7. The van der Waals surface area contributed by atoms with E-state index in [2.05, 4.69) is 54.6 Å². The molecule has 2 aliphatic rings. The Morgan fingerprint density at radius 2 is 1.89 bits per heavy atom. The van der Waals surface area contributed by atoms with Crippen LogP contribution < -0.4 is 0 Å². The van der Waals surface area contributed by atoms with Crippen molar-refractivity contribution in [2.75, 3.05) is 45.9 Å². The predicted molar refractivity (Wildman–Crippen MR) is 111 cm³/mol. The molecular weight excluding hydrogens is 352 g/mol. The number of aromatic nitrogens is 2. The topological polar surface area (TPSA) is 64.6 Å². The standard InChI is InChI=1S/C22H34N4O2/c1-16-5-6-18-20(17(16)2)24-19(23-18)13-26-8-7-22(27,21(3,4)14-26)15-25-9-11-28-12-10-25/h5-6,27H,7-15H2,1-4H3,(H,23,24). The van der Waals surface area contributed by atoms with Gasteiger partial charge >= 0.3 is 0 Å². The Kier molecular flexibility index (Phi) is 5.25. The number of fused-ring (bicyclic) bond motifs is 1. The Morgan fingerprint density at radius 1 is 1.14 bits per heavy atom. The lowest BCUT2D eigenvalue weighted by molar-refractivity contribution is -0.141. The second kappa shape index (κ2) is 7.41. The number of ether oxygens (including phenoxy) is 1. The van der Waals surface area contributed by atoms with Gasteiger partial charge in [-0.1, -0.05) is 19.9 Å². The third-order valence-electron chi connectivity index (χ3n) is 6.91. The summed E-state index contributed by atoms with van der Waals surface area (Å²) >= 11 is 0. The van der Waals surface area contributed by atoms with Crippen LogP contribution >= 0.6 is 0 Å². The normalized spacial score (nSPS) is 26.8. The smallest absolute Gasteiger partial charge is 0.121 e. The van der Waals surface area contributed by atoms with E-state index >= 15 is 0 Å². The Labute approximate surface area is 167 Å². The molecule has 6 heteroatoms. The van der Waals surface area contributed by atoms with Crippen molar-refractivity contribution in [2.24, 2.45) is 5.41 Å². The number of likely N-dealkylation sites (tertiary alicyclic amines) is 1. The van der Waals surface area contributed by atoms with Crippen LogP contribution in [0.1, 0.15) is 37.2 Å². The molecule has 0 aliphatic carbocycles. The van der Waals surface area contributed by atoms with Gasteiger partial charge in [0.2, 0.25) is 0 Å². The van der Waals surface area contributed by atoms with Crippen molar-refractivity contribution in [3.05, 3.63) is 29.1 Å². The zero-order chi connectivity index (χ0) is 19.9. The maximum absolute atomic E-state index is 11.5. The maximum Gasteiger partial charge on any atom is 0.121 e. The fraction of sp³-hybridized carbons (Fsp3) is 0.682. The van der Waals surface area contributed by atoms with Gasteiger partial charge in [0.15, 0.2) is 0 Å². The first-order valence-electron chi connectivity index (χ1n) is 10.5. The van der Waals surface area contributed by atoms with Gasteiger partial charge in [0, 0.05) is 38.1 Å². The first-order chi connectivity index (χ1) is 13.3. The lowest BCUT2D eigenvalue weighted by Gasteiger charge is -2.52. The number of imidazole rings is 1. The summed E-state index contributed by atoms with van der Waals surface area (Å²) in [7, 11) is 0. The molecule has 0 bridgehead atoms. The summed E-state index contributed by atoms with van der Waals surface area (Å²) in [5.74, 6) is 1.01. The van der Waals surface area contributed by atoms with Gasteiger partial charge in [0.1, 0.15) is 5.82 Å². The number of piperidine rings is 1. The van der Waals surface area contributed by atoms with Crippen LogP contribution in [0.15, 0.2) is 12.1 Å². The minimum atomic E-state index is -0.664. The van der Waals surface area contributed by atoms with Gasteiger partial charge in [0.05, 0.1) is 36.4 Å². The summed E-state index contributed by atoms with van der Waals surface area (Å²) in [4.78, 5) is 13.1. The Balaban J connectivity index is 1.45. The van der Waals surface area contributed by atoms with Gasteiger partial charge in [0.25, 0.3) is 0 Å². The third-order valence-corrected chi connectivity index (χ3v) is 6.91. The van der Waals surface area contributed by atoms with Crippen LogP contribution in [0.5, 0.6) is 0 Å². The third kappa shape index (κ3) is 3.71. The number of aryl methyl sites for hydroxylation is 2. The second-order valence-corrected chi connectivity index (χ2v) is 9.35. The van der Waals surface area contributed by atoms with Crippen molar-refractivity contribution in [3.63, 3.8) is 0 Å². The SMILES string of the molecule is Cc1ccc2[nH]c(CN3CCC(O)(CN4CCOCC4)C(C)(C)C3)nc2c1C. The van der Waals surface area contributed by atoms with Crippen molar-refractivity contribution >= 4 is 11.0 Å². The van der Waals surface area contributed by atoms with E-state index in [0.717, 1.165) is 75.8 Å². The average molecular weight is 387 g/mol. The van der Waals surface area contributed by atoms with Crippen molar-refractivity contribution in [1.29, 1.82) is 0 Å². The summed E-state index contributed by atoms with van der Waals surface area (Å²) in [5, 5.41) is 11.5. The van der Waals surface area contributed by atoms with Gasteiger partial charge in [-0.25, -0.2) is 4.98 Å². The van der Waals surface area contributed by atoms with E-state index in [-0.39, 0.29) is 5.41 Å². The van der Waals surface area contributed by atoms with Crippen LogP contribution in [0.2, 0.25) is 0 Å². The first-order valence-corrected chi connectivity index (χ1v) is 10.5. The molecule has 2 aliphatic heterocycles. The number of hydrogen-bond acceptors (Lipinski definition) is 5. The van der Waals surface area contributed by atoms with Gasteiger partial charge in [-0.05, 0) is 37.5 Å². The highest BCUT2D eigenvalue weighted by molar-refractivity contribution is 5.79. The summed E-state index contributed by atoms with van der Waals surface area (Å²) in [5.41, 5.74) is 3.87. The highest BCUT2D eigenvalue weighted by atomic mass is 16.5. The molecule has 3 heterocycles. The molecule has 2 fully saturated rings. The molecule has 154 valence electrons. The van der Waals surface area contributed by atoms with Crippen LogP contribution in [-0.4, -0.2) is 76.4 Å². The molecule has 0 saturated carbocycles. The number of nitrogens with zero attached hydrogens (tertiary/aromatic N) is 3. The molecule has 4 rings (SSSR count). The molecule has 28 heavy (non-hydrogen) atoms. The Hall–Kier alpha value is -1.47. The number of morpholine rings is 1. The molecule has 0 radical (unpaired) electrons. The molecule has 2 aromatic rings. The summed E-state index contributed by atoms with van der Waals surface area (Å²) in [6.45, 7) is 15.3. The van der Waals surface area contributed by atoms with Gasteiger partial charge in [-0.2, -0.15) is 0 Å². The molecule has 0 amide bonds.